The van der Waals surface area contributed by atoms with Crippen molar-refractivity contribution in [2.24, 2.45) is 0 Å². The normalized spacial score (nSPS) is 18.8. The van der Waals surface area contributed by atoms with Crippen LogP contribution >= 0.6 is 0 Å². The van der Waals surface area contributed by atoms with E-state index in [-0.39, 0.29) is 0 Å². The highest BCUT2D eigenvalue weighted by atomic mass is 15.3. The molecule has 21 heavy (non-hydrogen) atoms. The summed E-state index contributed by atoms with van der Waals surface area (Å²) < 4.78 is 2.02. The maximum atomic E-state index is 4.43. The maximum Gasteiger partial charge on any atom is 0.0755 e. The molecule has 112 valence electrons. The number of aryl methyl sites for hydroxylation is 1. The Labute approximate surface area is 126 Å². The van der Waals surface area contributed by atoms with Crippen molar-refractivity contribution in [1.29, 1.82) is 0 Å². The molecule has 0 bridgehead atoms. The van der Waals surface area contributed by atoms with E-state index in [4.69, 9.17) is 0 Å². The van der Waals surface area contributed by atoms with Crippen LogP contribution in [0.25, 0.3) is 0 Å². The molecule has 3 heterocycles. The molecule has 1 aliphatic heterocycles. The molecule has 0 radical (unpaired) electrons. The summed E-state index contributed by atoms with van der Waals surface area (Å²) in [6, 6.07) is 0.345. The fraction of sp³-hybridized carbons (Fsp3) is 0.562. The highest BCUT2D eigenvalue weighted by Crippen LogP contribution is 2.31. The zero-order valence-electron chi connectivity index (χ0n) is 12.8. The van der Waals surface area contributed by atoms with Crippen LogP contribution in [0.3, 0.4) is 0 Å². The van der Waals surface area contributed by atoms with Crippen LogP contribution in [0.2, 0.25) is 0 Å². The van der Waals surface area contributed by atoms with E-state index in [2.05, 4.69) is 40.0 Å². The number of piperidine rings is 1. The Bertz CT molecular complexity index is 557. The van der Waals surface area contributed by atoms with Gasteiger partial charge in [-0.3, -0.25) is 19.5 Å². The van der Waals surface area contributed by atoms with Gasteiger partial charge in [0.15, 0.2) is 0 Å². The first-order valence-corrected chi connectivity index (χ1v) is 7.80. The van der Waals surface area contributed by atoms with Crippen LogP contribution in [-0.2, 0) is 6.54 Å². The van der Waals surface area contributed by atoms with Crippen molar-refractivity contribution in [3.05, 3.63) is 42.2 Å². The highest BCUT2D eigenvalue weighted by molar-refractivity contribution is 5.13. The Morgan fingerprint density at radius 3 is 2.67 bits per heavy atom. The minimum atomic E-state index is 0.345. The van der Waals surface area contributed by atoms with E-state index in [0.29, 0.717) is 12.0 Å². The Hall–Kier alpha value is -1.75. The molecule has 2 aromatic rings. The molecule has 1 saturated heterocycles. The van der Waals surface area contributed by atoms with Crippen molar-refractivity contribution in [3.63, 3.8) is 0 Å². The summed E-state index contributed by atoms with van der Waals surface area (Å²) in [7, 11) is 0. The second-order valence-electron chi connectivity index (χ2n) is 5.75. The third kappa shape index (κ3) is 3.13. The molecule has 2 aromatic heterocycles. The van der Waals surface area contributed by atoms with Crippen molar-refractivity contribution in [3.8, 4) is 0 Å². The minimum Gasteiger partial charge on any atom is -0.295 e. The Morgan fingerprint density at radius 1 is 1.24 bits per heavy atom. The van der Waals surface area contributed by atoms with Gasteiger partial charge in [0.05, 0.1) is 17.9 Å². The summed E-state index contributed by atoms with van der Waals surface area (Å²) in [6.07, 6.45) is 12.0. The lowest BCUT2D eigenvalue weighted by Crippen LogP contribution is -2.35. The number of aromatic nitrogens is 4. The number of hydrogen-bond donors (Lipinski definition) is 0. The predicted octanol–water partition coefficient (Wildman–Crippen LogP) is 2.63. The summed E-state index contributed by atoms with van der Waals surface area (Å²) in [5.41, 5.74) is 2.46. The van der Waals surface area contributed by atoms with Gasteiger partial charge in [-0.25, -0.2) is 0 Å². The van der Waals surface area contributed by atoms with Gasteiger partial charge in [0.1, 0.15) is 0 Å². The minimum absolute atomic E-state index is 0.345. The zero-order valence-corrected chi connectivity index (χ0v) is 12.8. The maximum absolute atomic E-state index is 4.43. The summed E-state index contributed by atoms with van der Waals surface area (Å²) in [5.74, 6) is 0.649. The van der Waals surface area contributed by atoms with Gasteiger partial charge in [-0.15, -0.1) is 0 Å². The average Bonchev–Trinajstić information content (AvgIpc) is 3.04. The number of likely N-dealkylation sites (tertiary alicyclic amines) is 1. The Kier molecular flexibility index (Phi) is 4.29. The quantitative estimate of drug-likeness (QED) is 0.866. The van der Waals surface area contributed by atoms with Crippen molar-refractivity contribution in [2.45, 2.75) is 45.2 Å². The van der Waals surface area contributed by atoms with E-state index in [1.54, 1.807) is 12.4 Å². The van der Waals surface area contributed by atoms with E-state index < -0.39 is 0 Å². The molecule has 0 amide bonds. The first-order valence-electron chi connectivity index (χ1n) is 7.80. The van der Waals surface area contributed by atoms with E-state index >= 15 is 0 Å². The second kappa shape index (κ2) is 6.35. The molecular weight excluding hydrogens is 262 g/mol. The first kappa shape index (κ1) is 14.2. The molecule has 0 saturated carbocycles. The molecule has 1 aliphatic rings. The molecule has 0 unspecified atom stereocenters. The molecule has 1 fully saturated rings. The van der Waals surface area contributed by atoms with Gasteiger partial charge in [0.2, 0.25) is 0 Å². The predicted molar refractivity (Wildman–Crippen MR) is 81.9 cm³/mol. The summed E-state index contributed by atoms with van der Waals surface area (Å²) in [6.45, 7) is 7.52. The van der Waals surface area contributed by atoms with E-state index in [0.717, 1.165) is 25.3 Å². The fourth-order valence-electron chi connectivity index (χ4n) is 3.10. The summed E-state index contributed by atoms with van der Waals surface area (Å²) >= 11 is 0. The summed E-state index contributed by atoms with van der Waals surface area (Å²) in [5, 5.41) is 4.40. The van der Waals surface area contributed by atoms with Gasteiger partial charge < -0.3 is 0 Å². The van der Waals surface area contributed by atoms with Crippen LogP contribution in [0.1, 0.15) is 49.9 Å². The molecule has 0 aliphatic carbocycles. The van der Waals surface area contributed by atoms with Gasteiger partial charge in [-0.2, -0.15) is 5.10 Å². The lowest BCUT2D eigenvalue weighted by Gasteiger charge is -2.35. The molecule has 0 spiro atoms. The van der Waals surface area contributed by atoms with Crippen molar-refractivity contribution in [2.75, 3.05) is 13.1 Å². The largest absolute Gasteiger partial charge is 0.295 e. The van der Waals surface area contributed by atoms with Crippen LogP contribution in [0.15, 0.2) is 31.0 Å². The number of nitrogens with zero attached hydrogens (tertiary/aromatic N) is 5. The van der Waals surface area contributed by atoms with Gasteiger partial charge >= 0.3 is 0 Å². The van der Waals surface area contributed by atoms with Crippen LogP contribution in [0, 0.1) is 0 Å². The first-order chi connectivity index (χ1) is 10.3. The van der Waals surface area contributed by atoms with Gasteiger partial charge in [0.25, 0.3) is 0 Å². The van der Waals surface area contributed by atoms with Gasteiger partial charge in [0, 0.05) is 31.3 Å². The molecule has 0 N–H and O–H groups in total. The molecule has 5 nitrogen and oxygen atoms in total. The fourth-order valence-corrected chi connectivity index (χ4v) is 3.10. The van der Waals surface area contributed by atoms with Crippen molar-refractivity contribution in [1.82, 2.24) is 24.6 Å². The van der Waals surface area contributed by atoms with Gasteiger partial charge in [-0.1, -0.05) is 0 Å². The molecule has 3 rings (SSSR count). The molecule has 1 atom stereocenters. The number of rotatable bonds is 4. The molecular formula is C16H23N5. The van der Waals surface area contributed by atoms with Crippen molar-refractivity contribution >= 4 is 0 Å². The molecule has 0 aromatic carbocycles. The van der Waals surface area contributed by atoms with Gasteiger partial charge in [-0.05, 0) is 51.3 Å². The van der Waals surface area contributed by atoms with Crippen LogP contribution < -0.4 is 0 Å². The van der Waals surface area contributed by atoms with E-state index in [1.807, 2.05) is 17.1 Å². The van der Waals surface area contributed by atoms with E-state index in [1.165, 1.54) is 18.4 Å². The monoisotopic (exact) mass is 285 g/mol. The average molecular weight is 285 g/mol. The third-order valence-corrected chi connectivity index (χ3v) is 4.54. The number of hydrogen-bond acceptors (Lipinski definition) is 4. The van der Waals surface area contributed by atoms with E-state index in [9.17, 15) is 0 Å². The van der Waals surface area contributed by atoms with Crippen LogP contribution in [-0.4, -0.2) is 37.7 Å². The third-order valence-electron chi connectivity index (χ3n) is 4.54. The second-order valence-corrected chi connectivity index (χ2v) is 5.75. The summed E-state index contributed by atoms with van der Waals surface area (Å²) in [4.78, 5) is 11.1. The lowest BCUT2D eigenvalue weighted by atomic mass is 9.91. The van der Waals surface area contributed by atoms with Crippen LogP contribution in [0.4, 0.5) is 0 Å². The highest BCUT2D eigenvalue weighted by Gasteiger charge is 2.25. The zero-order chi connectivity index (χ0) is 14.7. The molecule has 5 heteroatoms. The van der Waals surface area contributed by atoms with Crippen molar-refractivity contribution < 1.29 is 0 Å². The van der Waals surface area contributed by atoms with Crippen LogP contribution in [0.5, 0.6) is 0 Å². The topological polar surface area (TPSA) is 46.8 Å². The smallest absolute Gasteiger partial charge is 0.0755 e. The SMILES string of the molecule is CCn1cc(C2CCN([C@@H](C)c3cnccn3)CC2)cn1. The Balaban J connectivity index is 1.60. The Morgan fingerprint density at radius 2 is 2.05 bits per heavy atom. The lowest BCUT2D eigenvalue weighted by molar-refractivity contribution is 0.159. The standard InChI is InChI=1S/C16H23N5/c1-3-21-12-15(10-19-21)14-4-8-20(9-5-14)13(2)16-11-17-6-7-18-16/h6-7,10-14H,3-5,8-9H2,1-2H3/t13-/m0/s1.